The van der Waals surface area contributed by atoms with Crippen LogP contribution >= 0.6 is 0 Å². The highest BCUT2D eigenvalue weighted by Gasteiger charge is 2.21. The number of likely N-dealkylation sites (tertiary alicyclic amines) is 1. The maximum atomic E-state index is 9.29. The fourth-order valence-corrected chi connectivity index (χ4v) is 2.27. The Morgan fingerprint density at radius 3 is 2.69 bits per heavy atom. The Hall–Kier alpha value is -0.0800. The first kappa shape index (κ1) is 11.0. The van der Waals surface area contributed by atoms with Gasteiger partial charge in [-0.1, -0.05) is 6.92 Å². The van der Waals surface area contributed by atoms with Gasteiger partial charge in [0, 0.05) is 12.6 Å². The molecule has 0 aromatic carbocycles. The van der Waals surface area contributed by atoms with E-state index in [-0.39, 0.29) is 6.10 Å². The van der Waals surface area contributed by atoms with Crippen molar-refractivity contribution in [2.45, 2.75) is 52.2 Å². The number of piperidine rings is 1. The Labute approximate surface area is 81.9 Å². The number of aliphatic hydroxyl groups excluding tert-OH is 1. The lowest BCUT2D eigenvalue weighted by molar-refractivity contribution is 0.0904. The fourth-order valence-electron chi connectivity index (χ4n) is 2.27. The van der Waals surface area contributed by atoms with Crippen molar-refractivity contribution in [3.8, 4) is 0 Å². The first-order chi connectivity index (χ1) is 6.09. The smallest absolute Gasteiger partial charge is 0.0526 e. The van der Waals surface area contributed by atoms with Crippen molar-refractivity contribution < 1.29 is 5.11 Å². The van der Waals surface area contributed by atoms with Crippen molar-refractivity contribution in [1.29, 1.82) is 0 Å². The molecule has 1 aliphatic heterocycles. The average molecular weight is 185 g/mol. The van der Waals surface area contributed by atoms with Gasteiger partial charge >= 0.3 is 0 Å². The van der Waals surface area contributed by atoms with Gasteiger partial charge < -0.3 is 10.0 Å². The molecular formula is C11H23NO. The van der Waals surface area contributed by atoms with Gasteiger partial charge in [-0.25, -0.2) is 0 Å². The molecule has 3 atom stereocenters. The first-order valence-electron chi connectivity index (χ1n) is 5.51. The molecule has 13 heavy (non-hydrogen) atoms. The summed E-state index contributed by atoms with van der Waals surface area (Å²) in [4.78, 5) is 2.51. The second-order valence-corrected chi connectivity index (χ2v) is 4.68. The fraction of sp³-hybridized carbons (Fsp3) is 1.00. The molecule has 1 aliphatic rings. The van der Waals surface area contributed by atoms with Crippen LogP contribution in [0.15, 0.2) is 0 Å². The molecule has 2 nitrogen and oxygen atoms in total. The topological polar surface area (TPSA) is 23.5 Å². The molecule has 0 aromatic heterocycles. The molecule has 1 fully saturated rings. The van der Waals surface area contributed by atoms with E-state index in [1.54, 1.807) is 0 Å². The van der Waals surface area contributed by atoms with Gasteiger partial charge in [-0.3, -0.25) is 0 Å². The lowest BCUT2D eigenvalue weighted by Gasteiger charge is -2.36. The predicted octanol–water partition coefficient (Wildman–Crippen LogP) is 1.88. The molecular weight excluding hydrogens is 162 g/mol. The summed E-state index contributed by atoms with van der Waals surface area (Å²) in [7, 11) is 0. The maximum Gasteiger partial charge on any atom is 0.0526 e. The maximum absolute atomic E-state index is 9.29. The summed E-state index contributed by atoms with van der Waals surface area (Å²) in [5.41, 5.74) is 0. The Morgan fingerprint density at radius 2 is 2.15 bits per heavy atom. The lowest BCUT2D eigenvalue weighted by Crippen LogP contribution is -2.41. The van der Waals surface area contributed by atoms with Crippen molar-refractivity contribution >= 4 is 0 Å². The van der Waals surface area contributed by atoms with Crippen LogP contribution < -0.4 is 0 Å². The molecule has 0 radical (unpaired) electrons. The zero-order chi connectivity index (χ0) is 9.84. The van der Waals surface area contributed by atoms with E-state index >= 15 is 0 Å². The highest BCUT2D eigenvalue weighted by atomic mass is 16.3. The third kappa shape index (κ3) is 3.65. The first-order valence-corrected chi connectivity index (χ1v) is 5.51. The van der Waals surface area contributed by atoms with Gasteiger partial charge in [-0.15, -0.1) is 0 Å². The molecule has 2 heteroatoms. The molecule has 0 bridgehead atoms. The van der Waals surface area contributed by atoms with E-state index in [9.17, 15) is 5.11 Å². The molecule has 1 rings (SSSR count). The van der Waals surface area contributed by atoms with E-state index in [1.165, 1.54) is 25.9 Å². The highest BCUT2D eigenvalue weighted by Crippen LogP contribution is 2.19. The number of aliphatic hydroxyl groups is 1. The summed E-state index contributed by atoms with van der Waals surface area (Å²) in [6, 6.07) is 0.544. The van der Waals surface area contributed by atoms with Crippen molar-refractivity contribution in [1.82, 2.24) is 4.90 Å². The number of nitrogens with zero attached hydrogens (tertiary/aromatic N) is 1. The largest absolute Gasteiger partial charge is 0.393 e. The highest BCUT2D eigenvalue weighted by molar-refractivity contribution is 4.75. The van der Waals surface area contributed by atoms with Crippen molar-refractivity contribution in [3.05, 3.63) is 0 Å². The molecule has 0 amide bonds. The van der Waals surface area contributed by atoms with Crippen LogP contribution in [0.25, 0.3) is 0 Å². The van der Waals surface area contributed by atoms with E-state index in [2.05, 4.69) is 18.7 Å². The third-order valence-corrected chi connectivity index (χ3v) is 2.99. The van der Waals surface area contributed by atoms with Crippen LogP contribution in [0.4, 0.5) is 0 Å². The minimum atomic E-state index is -0.160. The van der Waals surface area contributed by atoms with E-state index in [4.69, 9.17) is 0 Å². The van der Waals surface area contributed by atoms with E-state index < -0.39 is 0 Å². The lowest BCUT2D eigenvalue weighted by atomic mass is 9.98. The van der Waals surface area contributed by atoms with Crippen LogP contribution in [0.5, 0.6) is 0 Å². The van der Waals surface area contributed by atoms with Crippen molar-refractivity contribution in [3.63, 3.8) is 0 Å². The molecule has 1 saturated heterocycles. The van der Waals surface area contributed by atoms with Gasteiger partial charge in [0.1, 0.15) is 0 Å². The Kier molecular flexibility index (Phi) is 4.20. The van der Waals surface area contributed by atoms with E-state index in [1.807, 2.05) is 6.92 Å². The van der Waals surface area contributed by atoms with Gasteiger partial charge in [0.25, 0.3) is 0 Å². The number of rotatable bonds is 3. The van der Waals surface area contributed by atoms with Gasteiger partial charge in [0.05, 0.1) is 6.10 Å². The minimum absolute atomic E-state index is 0.160. The summed E-state index contributed by atoms with van der Waals surface area (Å²) in [6.07, 6.45) is 3.45. The van der Waals surface area contributed by atoms with Crippen LogP contribution in [0, 0.1) is 5.92 Å². The van der Waals surface area contributed by atoms with E-state index in [0.29, 0.717) is 6.04 Å². The molecule has 0 aromatic rings. The van der Waals surface area contributed by atoms with Crippen LogP contribution in [-0.4, -0.2) is 35.2 Å². The average Bonchev–Trinajstić information content (AvgIpc) is 2.03. The molecule has 1 heterocycles. The summed E-state index contributed by atoms with van der Waals surface area (Å²) >= 11 is 0. The van der Waals surface area contributed by atoms with E-state index in [0.717, 1.165) is 12.3 Å². The van der Waals surface area contributed by atoms with Crippen LogP contribution in [-0.2, 0) is 0 Å². The van der Waals surface area contributed by atoms with Crippen molar-refractivity contribution in [2.24, 2.45) is 5.92 Å². The Balaban J connectivity index is 2.32. The number of hydrogen-bond donors (Lipinski definition) is 1. The van der Waals surface area contributed by atoms with Gasteiger partial charge in [-0.05, 0) is 45.6 Å². The zero-order valence-corrected chi connectivity index (χ0v) is 9.16. The SMILES string of the molecule is CC(O)CC(C)N1CCCC(C)C1. The summed E-state index contributed by atoms with van der Waals surface area (Å²) in [5.74, 6) is 0.838. The molecule has 0 saturated carbocycles. The molecule has 78 valence electrons. The monoisotopic (exact) mass is 185 g/mol. The minimum Gasteiger partial charge on any atom is -0.393 e. The van der Waals surface area contributed by atoms with Crippen molar-refractivity contribution in [2.75, 3.05) is 13.1 Å². The molecule has 3 unspecified atom stereocenters. The number of hydrogen-bond acceptors (Lipinski definition) is 2. The van der Waals surface area contributed by atoms with Crippen LogP contribution in [0.2, 0.25) is 0 Å². The Morgan fingerprint density at radius 1 is 1.46 bits per heavy atom. The van der Waals surface area contributed by atoms with Gasteiger partial charge in [0.2, 0.25) is 0 Å². The van der Waals surface area contributed by atoms with Gasteiger partial charge in [0.15, 0.2) is 0 Å². The second kappa shape index (κ2) is 4.97. The van der Waals surface area contributed by atoms with Crippen LogP contribution in [0.3, 0.4) is 0 Å². The summed E-state index contributed by atoms with van der Waals surface area (Å²) in [5, 5.41) is 9.29. The zero-order valence-electron chi connectivity index (χ0n) is 9.16. The molecule has 0 aliphatic carbocycles. The standard InChI is InChI=1S/C11H23NO/c1-9-5-4-6-12(8-9)10(2)7-11(3)13/h9-11,13H,4-8H2,1-3H3. The summed E-state index contributed by atoms with van der Waals surface area (Å²) in [6.45, 7) is 8.86. The summed E-state index contributed by atoms with van der Waals surface area (Å²) < 4.78 is 0. The Bertz CT molecular complexity index is 147. The van der Waals surface area contributed by atoms with Gasteiger partial charge in [-0.2, -0.15) is 0 Å². The molecule has 0 spiro atoms. The van der Waals surface area contributed by atoms with Crippen LogP contribution in [0.1, 0.15) is 40.0 Å². The third-order valence-electron chi connectivity index (χ3n) is 2.99. The normalized spacial score (nSPS) is 30.0. The second-order valence-electron chi connectivity index (χ2n) is 4.68. The molecule has 1 N–H and O–H groups in total. The quantitative estimate of drug-likeness (QED) is 0.725. The predicted molar refractivity (Wildman–Crippen MR) is 55.7 cm³/mol.